The molecule has 3 heterocycles. The Morgan fingerprint density at radius 3 is 1.68 bits per heavy atom. The van der Waals surface area contributed by atoms with Crippen molar-refractivity contribution in [2.24, 2.45) is 0 Å². The van der Waals surface area contributed by atoms with E-state index >= 15 is 0 Å². The summed E-state index contributed by atoms with van der Waals surface area (Å²) in [6.07, 6.45) is 0. The van der Waals surface area contributed by atoms with Gasteiger partial charge in [0.1, 0.15) is 5.52 Å². The van der Waals surface area contributed by atoms with Gasteiger partial charge >= 0.3 is 0 Å². The molecule has 0 aliphatic heterocycles. The molecular formula is C44H26N4OS. The third-order valence-corrected chi connectivity index (χ3v) is 10.3. The SMILES string of the molecule is c1ccc(-c2nc(-c3ccccc3)nc(-c3cccc(-c4ccc5c(c4)sc4ccc6ccc7nc(-c8ccccc8)oc7c6c45)c3)n2)cc1. The van der Waals surface area contributed by atoms with Crippen LogP contribution >= 0.6 is 11.3 Å². The number of rotatable bonds is 5. The predicted octanol–water partition coefficient (Wildman–Crippen LogP) is 11.9. The van der Waals surface area contributed by atoms with Gasteiger partial charge in [0.25, 0.3) is 0 Å². The molecule has 3 aromatic heterocycles. The van der Waals surface area contributed by atoms with Gasteiger partial charge in [-0.05, 0) is 52.9 Å². The van der Waals surface area contributed by atoms with Crippen LogP contribution in [0.3, 0.4) is 0 Å². The summed E-state index contributed by atoms with van der Waals surface area (Å²) < 4.78 is 8.93. The van der Waals surface area contributed by atoms with E-state index in [2.05, 4.69) is 66.7 Å². The molecule has 0 spiro atoms. The van der Waals surface area contributed by atoms with Crippen molar-refractivity contribution < 1.29 is 4.42 Å². The van der Waals surface area contributed by atoms with Gasteiger partial charge in [-0.2, -0.15) is 0 Å². The Morgan fingerprint density at radius 1 is 0.400 bits per heavy atom. The summed E-state index contributed by atoms with van der Waals surface area (Å²) in [5.41, 5.74) is 7.72. The van der Waals surface area contributed by atoms with Crippen molar-refractivity contribution >= 4 is 53.4 Å². The molecule has 0 aliphatic rings. The number of oxazole rings is 1. The Hall–Kier alpha value is -6.50. The second kappa shape index (κ2) is 11.6. The number of nitrogens with zero attached hydrogens (tertiary/aromatic N) is 4. The van der Waals surface area contributed by atoms with Crippen LogP contribution in [0.15, 0.2) is 162 Å². The lowest BCUT2D eigenvalue weighted by molar-refractivity contribution is 0.623. The molecule has 0 atom stereocenters. The molecule has 0 saturated heterocycles. The van der Waals surface area contributed by atoms with Crippen LogP contribution in [-0.4, -0.2) is 19.9 Å². The van der Waals surface area contributed by atoms with Crippen LogP contribution in [0.1, 0.15) is 0 Å². The lowest BCUT2D eigenvalue weighted by Crippen LogP contribution is -2.00. The summed E-state index contributed by atoms with van der Waals surface area (Å²) >= 11 is 1.80. The Morgan fingerprint density at radius 2 is 0.980 bits per heavy atom. The van der Waals surface area contributed by atoms with E-state index in [-0.39, 0.29) is 0 Å². The molecule has 0 bridgehead atoms. The molecule has 0 fully saturated rings. The first-order valence-electron chi connectivity index (χ1n) is 16.5. The van der Waals surface area contributed by atoms with E-state index < -0.39 is 0 Å². The summed E-state index contributed by atoms with van der Waals surface area (Å²) in [6, 6.07) is 54.0. The minimum absolute atomic E-state index is 0.636. The second-order valence-electron chi connectivity index (χ2n) is 12.3. The van der Waals surface area contributed by atoms with Gasteiger partial charge in [0.2, 0.25) is 5.89 Å². The molecule has 0 aliphatic carbocycles. The number of hydrogen-bond acceptors (Lipinski definition) is 6. The molecule has 0 amide bonds. The van der Waals surface area contributed by atoms with Gasteiger partial charge in [0.05, 0.1) is 0 Å². The molecule has 0 saturated carbocycles. The number of fused-ring (bicyclic) bond motifs is 7. The number of benzene rings is 7. The van der Waals surface area contributed by atoms with E-state index in [0.717, 1.165) is 55.3 Å². The van der Waals surface area contributed by atoms with Crippen molar-refractivity contribution in [2.75, 3.05) is 0 Å². The van der Waals surface area contributed by atoms with Crippen LogP contribution in [0.5, 0.6) is 0 Å². The normalized spacial score (nSPS) is 11.6. The largest absolute Gasteiger partial charge is 0.435 e. The van der Waals surface area contributed by atoms with Crippen molar-refractivity contribution in [1.29, 1.82) is 0 Å². The molecule has 10 rings (SSSR count). The van der Waals surface area contributed by atoms with Crippen LogP contribution in [0.25, 0.3) is 98.8 Å². The quantitative estimate of drug-likeness (QED) is 0.184. The highest BCUT2D eigenvalue weighted by atomic mass is 32.1. The van der Waals surface area contributed by atoms with E-state index in [0.29, 0.717) is 23.4 Å². The van der Waals surface area contributed by atoms with Crippen molar-refractivity contribution in [3.63, 3.8) is 0 Å². The molecule has 10 aromatic rings. The topological polar surface area (TPSA) is 64.7 Å². The lowest BCUT2D eigenvalue weighted by atomic mass is 9.99. The Labute approximate surface area is 291 Å². The second-order valence-corrected chi connectivity index (χ2v) is 13.4. The zero-order chi connectivity index (χ0) is 33.0. The van der Waals surface area contributed by atoms with Crippen molar-refractivity contribution in [3.8, 4) is 56.7 Å². The van der Waals surface area contributed by atoms with Gasteiger partial charge in [-0.15, -0.1) is 11.3 Å². The molecule has 5 nitrogen and oxygen atoms in total. The predicted molar refractivity (Wildman–Crippen MR) is 205 cm³/mol. The van der Waals surface area contributed by atoms with Crippen molar-refractivity contribution in [3.05, 3.63) is 158 Å². The van der Waals surface area contributed by atoms with Crippen LogP contribution in [-0.2, 0) is 0 Å². The van der Waals surface area contributed by atoms with Crippen LogP contribution in [0.2, 0.25) is 0 Å². The Bertz CT molecular complexity index is 2810. The monoisotopic (exact) mass is 658 g/mol. The van der Waals surface area contributed by atoms with Crippen LogP contribution < -0.4 is 0 Å². The Balaban J connectivity index is 1.09. The van der Waals surface area contributed by atoms with E-state index in [1.807, 2.05) is 91.0 Å². The number of aromatic nitrogens is 4. The zero-order valence-electron chi connectivity index (χ0n) is 26.6. The van der Waals surface area contributed by atoms with Gasteiger partial charge in [-0.25, -0.2) is 19.9 Å². The van der Waals surface area contributed by atoms with Crippen LogP contribution in [0.4, 0.5) is 0 Å². The van der Waals surface area contributed by atoms with Gasteiger partial charge < -0.3 is 4.42 Å². The fourth-order valence-corrected chi connectivity index (χ4v) is 7.87. The van der Waals surface area contributed by atoms with Gasteiger partial charge in [-0.3, -0.25) is 0 Å². The minimum atomic E-state index is 0.636. The molecule has 234 valence electrons. The average Bonchev–Trinajstić information content (AvgIpc) is 3.81. The highest BCUT2D eigenvalue weighted by Crippen LogP contribution is 2.43. The van der Waals surface area contributed by atoms with Gasteiger partial charge in [0, 0.05) is 47.8 Å². The van der Waals surface area contributed by atoms with Crippen LogP contribution in [0, 0.1) is 0 Å². The van der Waals surface area contributed by atoms with Gasteiger partial charge in [-0.1, -0.05) is 121 Å². The molecule has 50 heavy (non-hydrogen) atoms. The number of thiophene rings is 1. The smallest absolute Gasteiger partial charge is 0.227 e. The van der Waals surface area contributed by atoms with Gasteiger partial charge in [0.15, 0.2) is 23.1 Å². The summed E-state index contributed by atoms with van der Waals surface area (Å²) in [6.45, 7) is 0. The first kappa shape index (κ1) is 28.5. The molecule has 0 radical (unpaired) electrons. The summed E-state index contributed by atoms with van der Waals surface area (Å²) in [7, 11) is 0. The van der Waals surface area contributed by atoms with E-state index in [1.54, 1.807) is 11.3 Å². The third-order valence-electron chi connectivity index (χ3n) is 9.15. The van der Waals surface area contributed by atoms with E-state index in [1.165, 1.54) is 20.2 Å². The summed E-state index contributed by atoms with van der Waals surface area (Å²) in [5, 5.41) is 4.66. The Kier molecular flexibility index (Phi) is 6.60. The van der Waals surface area contributed by atoms with Crippen molar-refractivity contribution in [2.45, 2.75) is 0 Å². The standard InChI is InChI=1S/C44H26N4OS/c1-4-11-28(12-5-1)41-46-42(29-13-6-2-7-14-29)48-43(47-41)33-18-10-17-31(25-33)32-19-22-34-37(26-32)50-36-24-21-27-20-23-35-40(38(27)39(34)36)49-44(45-35)30-15-8-3-9-16-30/h1-26H. The molecule has 7 aromatic carbocycles. The number of hydrogen-bond donors (Lipinski definition) is 0. The maximum atomic E-state index is 6.49. The molecular weight excluding hydrogens is 633 g/mol. The first-order valence-corrected chi connectivity index (χ1v) is 17.3. The maximum absolute atomic E-state index is 6.49. The minimum Gasteiger partial charge on any atom is -0.435 e. The summed E-state index contributed by atoms with van der Waals surface area (Å²) in [4.78, 5) is 19.6. The zero-order valence-corrected chi connectivity index (χ0v) is 27.4. The van der Waals surface area contributed by atoms with E-state index in [9.17, 15) is 0 Å². The highest BCUT2D eigenvalue weighted by Gasteiger charge is 2.18. The van der Waals surface area contributed by atoms with E-state index in [4.69, 9.17) is 24.4 Å². The fourth-order valence-electron chi connectivity index (χ4n) is 6.72. The first-order chi connectivity index (χ1) is 24.7. The molecule has 6 heteroatoms. The van der Waals surface area contributed by atoms with Crippen molar-refractivity contribution in [1.82, 2.24) is 19.9 Å². The highest BCUT2D eigenvalue weighted by molar-refractivity contribution is 7.26. The maximum Gasteiger partial charge on any atom is 0.227 e. The average molecular weight is 659 g/mol. The third kappa shape index (κ3) is 4.85. The fraction of sp³-hybridized carbons (Fsp3) is 0. The summed E-state index contributed by atoms with van der Waals surface area (Å²) in [5.74, 6) is 2.57. The molecule has 0 unspecified atom stereocenters. The lowest BCUT2D eigenvalue weighted by Gasteiger charge is -2.10. The molecule has 0 N–H and O–H groups in total.